The molecule has 1 aliphatic heterocycles. The molecule has 2 N–H and O–H groups in total. The largest absolute Gasteiger partial charge is 0.496 e. The molecule has 6 nitrogen and oxygen atoms in total. The summed E-state index contributed by atoms with van der Waals surface area (Å²) in [5, 5.41) is 5.29. The van der Waals surface area contributed by atoms with Gasteiger partial charge in [-0.1, -0.05) is 18.2 Å². The highest BCUT2D eigenvalue weighted by Crippen LogP contribution is 2.32. The van der Waals surface area contributed by atoms with Gasteiger partial charge in [-0.2, -0.15) is 0 Å². The Bertz CT molecular complexity index is 595. The van der Waals surface area contributed by atoms with E-state index >= 15 is 0 Å². The molecule has 1 heterocycles. The van der Waals surface area contributed by atoms with Gasteiger partial charge in [0, 0.05) is 5.56 Å². The van der Waals surface area contributed by atoms with Crippen LogP contribution in [0.1, 0.15) is 25.5 Å². The molecule has 2 rings (SSSR count). The Morgan fingerprint density at radius 1 is 1.33 bits per heavy atom. The molecule has 0 unspecified atom stereocenters. The number of nitrogens with one attached hydrogen (secondary N) is 2. The maximum Gasteiger partial charge on any atom is 0.354 e. The second-order valence-corrected chi connectivity index (χ2v) is 4.55. The highest BCUT2D eigenvalue weighted by molar-refractivity contribution is 5.96. The van der Waals surface area contributed by atoms with Crippen molar-refractivity contribution in [2.24, 2.45) is 0 Å². The van der Waals surface area contributed by atoms with Gasteiger partial charge >= 0.3 is 12.0 Å². The molecule has 1 atom stereocenters. The average Bonchev–Trinajstić information content (AvgIpc) is 2.49. The van der Waals surface area contributed by atoms with Crippen molar-refractivity contribution in [1.29, 1.82) is 0 Å². The van der Waals surface area contributed by atoms with Gasteiger partial charge in [0.2, 0.25) is 0 Å². The van der Waals surface area contributed by atoms with Crippen molar-refractivity contribution in [3.05, 3.63) is 41.1 Å². The number of hydrogen-bond donors (Lipinski definition) is 2. The molecular formula is C15H18N2O4. The van der Waals surface area contributed by atoms with Crippen molar-refractivity contribution < 1.29 is 19.1 Å². The second kappa shape index (κ2) is 6.30. The number of urea groups is 1. The van der Waals surface area contributed by atoms with Crippen LogP contribution in [0.25, 0.3) is 0 Å². The summed E-state index contributed by atoms with van der Waals surface area (Å²) in [6.07, 6.45) is 0. The first-order valence-electron chi connectivity index (χ1n) is 6.66. The lowest BCUT2D eigenvalue weighted by Crippen LogP contribution is -2.45. The number of rotatable bonds is 4. The normalized spacial score (nSPS) is 17.9. The summed E-state index contributed by atoms with van der Waals surface area (Å²) in [7, 11) is 1.56. The maximum absolute atomic E-state index is 11.9. The van der Waals surface area contributed by atoms with Gasteiger partial charge in [0.1, 0.15) is 11.4 Å². The van der Waals surface area contributed by atoms with Crippen LogP contribution in [-0.2, 0) is 9.53 Å². The molecule has 0 aromatic heterocycles. The first-order chi connectivity index (χ1) is 10.1. The van der Waals surface area contributed by atoms with Crippen molar-refractivity contribution in [1.82, 2.24) is 10.6 Å². The van der Waals surface area contributed by atoms with Crippen molar-refractivity contribution in [3.63, 3.8) is 0 Å². The Hall–Kier alpha value is -2.50. The number of benzene rings is 1. The molecule has 21 heavy (non-hydrogen) atoms. The number of ether oxygens (including phenoxy) is 2. The maximum atomic E-state index is 11.9. The van der Waals surface area contributed by atoms with Gasteiger partial charge in [0.25, 0.3) is 0 Å². The monoisotopic (exact) mass is 290 g/mol. The van der Waals surface area contributed by atoms with Gasteiger partial charge in [-0.15, -0.1) is 0 Å². The second-order valence-electron chi connectivity index (χ2n) is 4.55. The average molecular weight is 290 g/mol. The molecule has 2 amide bonds. The molecule has 0 aliphatic carbocycles. The molecule has 0 saturated heterocycles. The Kier molecular flexibility index (Phi) is 4.47. The summed E-state index contributed by atoms with van der Waals surface area (Å²) in [6.45, 7) is 3.74. The number of carbonyl (C=O) groups excluding carboxylic acids is 2. The fraction of sp³-hybridized carbons (Fsp3) is 0.333. The van der Waals surface area contributed by atoms with Crippen LogP contribution in [0.4, 0.5) is 4.79 Å². The third-order valence-electron chi connectivity index (χ3n) is 3.27. The van der Waals surface area contributed by atoms with Crippen LogP contribution in [-0.4, -0.2) is 25.7 Å². The zero-order valence-corrected chi connectivity index (χ0v) is 12.2. The van der Waals surface area contributed by atoms with E-state index in [1.807, 2.05) is 18.2 Å². The molecule has 112 valence electrons. The number of hydrogen-bond acceptors (Lipinski definition) is 4. The lowest BCUT2D eigenvalue weighted by atomic mass is 9.96. The van der Waals surface area contributed by atoms with Crippen molar-refractivity contribution >= 4 is 12.0 Å². The minimum Gasteiger partial charge on any atom is -0.496 e. The molecule has 0 radical (unpaired) electrons. The molecule has 1 aromatic rings. The zero-order valence-electron chi connectivity index (χ0n) is 12.2. The number of esters is 1. The van der Waals surface area contributed by atoms with E-state index in [1.165, 1.54) is 0 Å². The summed E-state index contributed by atoms with van der Waals surface area (Å²) in [5.41, 5.74) is 1.64. The van der Waals surface area contributed by atoms with Crippen LogP contribution in [0.15, 0.2) is 35.5 Å². The highest BCUT2D eigenvalue weighted by Gasteiger charge is 2.30. The fourth-order valence-corrected chi connectivity index (χ4v) is 2.26. The molecular weight excluding hydrogens is 272 g/mol. The quantitative estimate of drug-likeness (QED) is 0.830. The number of amides is 2. The first-order valence-corrected chi connectivity index (χ1v) is 6.66. The van der Waals surface area contributed by atoms with Crippen molar-refractivity contribution in [2.75, 3.05) is 13.7 Å². The topological polar surface area (TPSA) is 76.7 Å². The predicted molar refractivity (Wildman–Crippen MR) is 76.7 cm³/mol. The molecule has 1 aliphatic rings. The Morgan fingerprint density at radius 3 is 2.71 bits per heavy atom. The summed E-state index contributed by atoms with van der Waals surface area (Å²) in [6, 6.07) is 6.47. The standard InChI is InChI=1S/C15H18N2O4/c1-4-21-14(18)13-9(2)12(16-15(19)17-13)10-7-5-6-8-11(10)20-3/h5-8,12H,4H2,1-3H3,(H2,16,17,19)/t12-/m1/s1. The molecule has 6 heteroatoms. The third-order valence-corrected chi connectivity index (χ3v) is 3.27. The summed E-state index contributed by atoms with van der Waals surface area (Å²) >= 11 is 0. The van der Waals surface area contributed by atoms with E-state index in [0.29, 0.717) is 11.3 Å². The van der Waals surface area contributed by atoms with Crippen LogP contribution in [0.5, 0.6) is 5.75 Å². The molecule has 0 bridgehead atoms. The van der Waals surface area contributed by atoms with Gasteiger partial charge in [-0.25, -0.2) is 9.59 Å². The van der Waals surface area contributed by atoms with Crippen LogP contribution < -0.4 is 15.4 Å². The number of para-hydroxylation sites is 1. The highest BCUT2D eigenvalue weighted by atomic mass is 16.5. The molecule has 0 saturated carbocycles. The fourth-order valence-electron chi connectivity index (χ4n) is 2.26. The number of methoxy groups -OCH3 is 1. The minimum absolute atomic E-state index is 0.177. The molecule has 0 fully saturated rings. The summed E-state index contributed by atoms with van der Waals surface area (Å²) in [5.74, 6) is 0.108. The lowest BCUT2D eigenvalue weighted by Gasteiger charge is -2.28. The van der Waals surface area contributed by atoms with Crippen molar-refractivity contribution in [3.8, 4) is 5.75 Å². The van der Waals surface area contributed by atoms with E-state index in [4.69, 9.17) is 9.47 Å². The smallest absolute Gasteiger partial charge is 0.354 e. The lowest BCUT2D eigenvalue weighted by molar-refractivity contribution is -0.139. The van der Waals surface area contributed by atoms with Gasteiger partial charge < -0.3 is 20.1 Å². The molecule has 0 spiro atoms. The van der Waals surface area contributed by atoms with Crippen molar-refractivity contribution in [2.45, 2.75) is 19.9 Å². The van der Waals surface area contributed by atoms with Gasteiger partial charge in [-0.05, 0) is 25.5 Å². The first kappa shape index (κ1) is 14.9. The van der Waals surface area contributed by atoms with E-state index in [0.717, 1.165) is 5.56 Å². The molecule has 1 aromatic carbocycles. The summed E-state index contributed by atoms with van der Waals surface area (Å²) < 4.78 is 10.3. The van der Waals surface area contributed by atoms with Crippen LogP contribution in [0.2, 0.25) is 0 Å². The predicted octanol–water partition coefficient (Wildman–Crippen LogP) is 1.89. The Labute approximate surface area is 123 Å². The van der Waals surface area contributed by atoms with E-state index in [9.17, 15) is 9.59 Å². The van der Waals surface area contributed by atoms with Crippen LogP contribution in [0.3, 0.4) is 0 Å². The van der Waals surface area contributed by atoms with Crippen LogP contribution in [0, 0.1) is 0 Å². The van der Waals surface area contributed by atoms with Gasteiger partial charge in [0.05, 0.1) is 19.8 Å². The van der Waals surface area contributed by atoms with E-state index in [1.54, 1.807) is 27.0 Å². The third kappa shape index (κ3) is 2.99. The SMILES string of the molecule is CCOC(=O)C1=C(C)[C@H](c2ccccc2OC)NC(=O)N1. The Balaban J connectivity index is 2.45. The zero-order chi connectivity index (χ0) is 15.4. The van der Waals surface area contributed by atoms with Crippen LogP contribution >= 0.6 is 0 Å². The van der Waals surface area contributed by atoms with Gasteiger partial charge in [-0.3, -0.25) is 0 Å². The van der Waals surface area contributed by atoms with E-state index in [-0.39, 0.29) is 12.3 Å². The van der Waals surface area contributed by atoms with Gasteiger partial charge in [0.15, 0.2) is 0 Å². The minimum atomic E-state index is -0.537. The number of carbonyl (C=O) groups is 2. The Morgan fingerprint density at radius 2 is 2.05 bits per heavy atom. The summed E-state index contributed by atoms with van der Waals surface area (Å²) in [4.78, 5) is 23.7. The van der Waals surface area contributed by atoms with E-state index < -0.39 is 18.0 Å². The van der Waals surface area contributed by atoms with E-state index in [2.05, 4.69) is 10.6 Å².